The first kappa shape index (κ1) is 20.6. The van der Waals surface area contributed by atoms with Gasteiger partial charge in [-0.1, -0.05) is 55.1 Å². The Bertz CT molecular complexity index is 997. The zero-order chi connectivity index (χ0) is 20.9. The molecule has 1 saturated heterocycles. The monoisotopic (exact) mass is 396 g/mol. The van der Waals surface area contributed by atoms with Crippen LogP contribution >= 0.6 is 0 Å². The number of nitrogens with zero attached hydrogens (tertiary/aromatic N) is 1. The molecule has 0 unspecified atom stereocenters. The summed E-state index contributed by atoms with van der Waals surface area (Å²) >= 11 is 0. The Kier molecular flexibility index (Phi) is 6.44. The number of rotatable bonds is 6. The molecule has 4 rings (SSSR count). The molecule has 1 N–H and O–H groups in total. The van der Waals surface area contributed by atoms with Crippen molar-refractivity contribution in [1.82, 2.24) is 10.3 Å². The van der Waals surface area contributed by atoms with E-state index in [-0.39, 0.29) is 0 Å². The van der Waals surface area contributed by atoms with Crippen LogP contribution in [0.2, 0.25) is 0 Å². The Labute approximate surface area is 181 Å². The van der Waals surface area contributed by atoms with Crippen LogP contribution in [0.3, 0.4) is 0 Å². The predicted molar refractivity (Wildman–Crippen MR) is 127 cm³/mol. The minimum absolute atomic E-state index is 0.300. The van der Waals surface area contributed by atoms with Crippen LogP contribution in [-0.2, 0) is 0 Å². The van der Waals surface area contributed by atoms with Crippen LogP contribution < -0.4 is 5.32 Å². The Morgan fingerprint density at radius 2 is 1.77 bits per heavy atom. The van der Waals surface area contributed by atoms with Crippen LogP contribution in [-0.4, -0.2) is 18.1 Å². The van der Waals surface area contributed by atoms with E-state index in [4.69, 9.17) is 0 Å². The van der Waals surface area contributed by atoms with E-state index in [1.54, 1.807) is 0 Å². The van der Waals surface area contributed by atoms with Gasteiger partial charge in [-0.05, 0) is 97.6 Å². The highest BCUT2D eigenvalue weighted by atomic mass is 14.9. The Morgan fingerprint density at radius 3 is 2.47 bits per heavy atom. The molecule has 0 bridgehead atoms. The molecule has 0 spiro atoms. The molecule has 2 heteroatoms. The van der Waals surface area contributed by atoms with E-state index >= 15 is 0 Å². The molecular weight excluding hydrogens is 364 g/mol. The number of benzene rings is 2. The molecule has 2 heterocycles. The van der Waals surface area contributed by atoms with Gasteiger partial charge in [0.15, 0.2) is 0 Å². The summed E-state index contributed by atoms with van der Waals surface area (Å²) in [5.74, 6) is 0.987. The second kappa shape index (κ2) is 9.40. The van der Waals surface area contributed by atoms with E-state index in [1.807, 2.05) is 13.1 Å². The molecule has 154 valence electrons. The third kappa shape index (κ3) is 4.71. The van der Waals surface area contributed by atoms with E-state index in [0.717, 1.165) is 30.8 Å². The zero-order valence-electron chi connectivity index (χ0n) is 18.2. The summed E-state index contributed by atoms with van der Waals surface area (Å²) in [6.07, 6.45) is 5.25. The Morgan fingerprint density at radius 1 is 1.03 bits per heavy atom. The van der Waals surface area contributed by atoms with E-state index in [1.165, 1.54) is 40.7 Å². The van der Waals surface area contributed by atoms with E-state index in [2.05, 4.69) is 84.5 Å². The lowest BCUT2D eigenvalue weighted by Gasteiger charge is -2.25. The zero-order valence-corrected chi connectivity index (χ0v) is 18.2. The Balaban J connectivity index is 1.63. The first-order chi connectivity index (χ1) is 14.6. The van der Waals surface area contributed by atoms with E-state index < -0.39 is 0 Å². The quantitative estimate of drug-likeness (QED) is 0.521. The summed E-state index contributed by atoms with van der Waals surface area (Å²) in [5, 5.41) is 3.47. The number of piperidine rings is 1. The van der Waals surface area contributed by atoms with Crippen molar-refractivity contribution in [3.8, 4) is 0 Å². The van der Waals surface area contributed by atoms with Crippen molar-refractivity contribution in [2.45, 2.75) is 44.9 Å². The van der Waals surface area contributed by atoms with Gasteiger partial charge in [0.2, 0.25) is 0 Å². The highest BCUT2D eigenvalue weighted by Gasteiger charge is 2.20. The number of hydrogen-bond donors (Lipinski definition) is 1. The highest BCUT2D eigenvalue weighted by molar-refractivity contribution is 5.65. The minimum atomic E-state index is 0.300. The van der Waals surface area contributed by atoms with Crippen molar-refractivity contribution in [2.24, 2.45) is 0 Å². The number of allylic oxidation sites excluding steroid dienone is 1. The number of pyridine rings is 1. The van der Waals surface area contributed by atoms with Gasteiger partial charge >= 0.3 is 0 Å². The van der Waals surface area contributed by atoms with Crippen molar-refractivity contribution in [1.29, 1.82) is 0 Å². The first-order valence-electron chi connectivity index (χ1n) is 11.1. The third-order valence-electron chi connectivity index (χ3n) is 6.47. The molecule has 0 aliphatic carbocycles. The molecule has 1 atom stereocenters. The maximum atomic E-state index is 4.44. The molecule has 3 aromatic rings. The SMILES string of the molecule is C=C(C[C@H](c1ccc(C2CCNCC2)cc1)c1ccccc1C)c1ccnc(C)c1. The minimum Gasteiger partial charge on any atom is -0.317 e. The van der Waals surface area contributed by atoms with Crippen LogP contribution in [0.4, 0.5) is 0 Å². The largest absolute Gasteiger partial charge is 0.317 e. The number of aromatic nitrogens is 1. The topological polar surface area (TPSA) is 24.9 Å². The molecular formula is C28H32N2. The molecule has 0 amide bonds. The van der Waals surface area contributed by atoms with Crippen molar-refractivity contribution < 1.29 is 0 Å². The highest BCUT2D eigenvalue weighted by Crippen LogP contribution is 2.36. The number of nitrogens with one attached hydrogen (secondary N) is 1. The van der Waals surface area contributed by atoms with Gasteiger partial charge in [-0.25, -0.2) is 0 Å². The fourth-order valence-corrected chi connectivity index (χ4v) is 4.67. The van der Waals surface area contributed by atoms with Gasteiger partial charge < -0.3 is 5.32 Å². The van der Waals surface area contributed by atoms with Crippen LogP contribution in [0, 0.1) is 13.8 Å². The van der Waals surface area contributed by atoms with Crippen molar-refractivity contribution in [2.75, 3.05) is 13.1 Å². The molecule has 1 aliphatic heterocycles. The number of hydrogen-bond acceptors (Lipinski definition) is 2. The molecule has 30 heavy (non-hydrogen) atoms. The third-order valence-corrected chi connectivity index (χ3v) is 6.47. The normalized spacial score (nSPS) is 15.7. The van der Waals surface area contributed by atoms with Crippen molar-refractivity contribution in [3.63, 3.8) is 0 Å². The second-order valence-electron chi connectivity index (χ2n) is 8.59. The molecule has 1 aromatic heterocycles. The first-order valence-corrected chi connectivity index (χ1v) is 11.1. The Hall–Kier alpha value is -2.71. The lowest BCUT2D eigenvalue weighted by Crippen LogP contribution is -2.26. The summed E-state index contributed by atoms with van der Waals surface area (Å²) in [7, 11) is 0. The summed E-state index contributed by atoms with van der Waals surface area (Å²) in [5.41, 5.74) is 8.96. The van der Waals surface area contributed by atoms with Crippen molar-refractivity contribution in [3.05, 3.63) is 107 Å². The van der Waals surface area contributed by atoms with Crippen LogP contribution in [0.5, 0.6) is 0 Å². The van der Waals surface area contributed by atoms with Gasteiger partial charge in [-0.3, -0.25) is 4.98 Å². The summed E-state index contributed by atoms with van der Waals surface area (Å²) < 4.78 is 0. The maximum Gasteiger partial charge on any atom is 0.0378 e. The van der Waals surface area contributed by atoms with Crippen LogP contribution in [0.15, 0.2) is 73.4 Å². The average molecular weight is 397 g/mol. The molecule has 0 radical (unpaired) electrons. The summed E-state index contributed by atoms with van der Waals surface area (Å²) in [6, 6.07) is 22.4. The van der Waals surface area contributed by atoms with Gasteiger partial charge in [0.1, 0.15) is 0 Å². The second-order valence-corrected chi connectivity index (χ2v) is 8.59. The van der Waals surface area contributed by atoms with Gasteiger partial charge in [-0.2, -0.15) is 0 Å². The van der Waals surface area contributed by atoms with Crippen molar-refractivity contribution >= 4 is 5.57 Å². The molecule has 0 saturated carbocycles. The van der Waals surface area contributed by atoms with E-state index in [0.29, 0.717) is 11.8 Å². The smallest absolute Gasteiger partial charge is 0.0378 e. The van der Waals surface area contributed by atoms with E-state index in [9.17, 15) is 0 Å². The summed E-state index contributed by atoms with van der Waals surface area (Å²) in [6.45, 7) is 10.9. The summed E-state index contributed by atoms with van der Waals surface area (Å²) in [4.78, 5) is 4.34. The van der Waals surface area contributed by atoms with Gasteiger partial charge in [-0.15, -0.1) is 0 Å². The van der Waals surface area contributed by atoms with Crippen LogP contribution in [0.25, 0.3) is 5.57 Å². The average Bonchev–Trinajstić information content (AvgIpc) is 2.79. The molecule has 1 fully saturated rings. The van der Waals surface area contributed by atoms with Gasteiger partial charge in [0.05, 0.1) is 0 Å². The van der Waals surface area contributed by atoms with Gasteiger partial charge in [0.25, 0.3) is 0 Å². The molecule has 2 nitrogen and oxygen atoms in total. The fraction of sp³-hybridized carbons (Fsp3) is 0.321. The van der Waals surface area contributed by atoms with Crippen LogP contribution in [0.1, 0.15) is 64.6 Å². The fourth-order valence-electron chi connectivity index (χ4n) is 4.67. The number of aryl methyl sites for hydroxylation is 2. The lowest BCUT2D eigenvalue weighted by atomic mass is 9.81. The molecule has 1 aliphatic rings. The van der Waals surface area contributed by atoms with Gasteiger partial charge in [0, 0.05) is 17.8 Å². The maximum absolute atomic E-state index is 4.44. The standard InChI is InChI=1S/C28H32N2/c1-20-6-4-5-7-27(20)28(18-21(2)26-14-17-30-22(3)19-26)25-10-8-23(9-11-25)24-12-15-29-16-13-24/h4-11,14,17,19,24,28-29H,2,12-13,15-16,18H2,1,3H3/t28-/m1/s1. The molecule has 2 aromatic carbocycles. The lowest BCUT2D eigenvalue weighted by molar-refractivity contribution is 0.460. The predicted octanol–water partition coefficient (Wildman–Crippen LogP) is 6.40.